The summed E-state index contributed by atoms with van der Waals surface area (Å²) in [5, 5.41) is 21.9. The van der Waals surface area contributed by atoms with Gasteiger partial charge < -0.3 is 5.11 Å². The fourth-order valence-electron chi connectivity index (χ4n) is 1.63. The number of nitro groups is 1. The molecule has 0 saturated heterocycles. The molecule has 0 saturated carbocycles. The number of hydrogen-bond acceptors (Lipinski definition) is 4. The van der Waals surface area contributed by atoms with Crippen LogP contribution in [0.2, 0.25) is 0 Å². The number of carboxylic acid groups (broad SMARTS) is 1. The number of rotatable bonds is 4. The van der Waals surface area contributed by atoms with Crippen molar-refractivity contribution < 1.29 is 14.8 Å². The van der Waals surface area contributed by atoms with Crippen molar-refractivity contribution in [2.45, 2.75) is 6.42 Å². The molecular formula is C11H9N3O5. The lowest BCUT2D eigenvalue weighted by atomic mass is 10.2. The summed E-state index contributed by atoms with van der Waals surface area (Å²) >= 11 is 0. The predicted octanol–water partition coefficient (Wildman–Crippen LogP) is 0.701. The second-order valence-electron chi connectivity index (χ2n) is 3.79. The van der Waals surface area contributed by atoms with Crippen LogP contribution in [0, 0.1) is 10.1 Å². The van der Waals surface area contributed by atoms with E-state index >= 15 is 0 Å². The Labute approximate surface area is 106 Å². The molecule has 8 nitrogen and oxygen atoms in total. The van der Waals surface area contributed by atoms with Gasteiger partial charge in [0.25, 0.3) is 11.2 Å². The van der Waals surface area contributed by atoms with Crippen molar-refractivity contribution in [3.63, 3.8) is 0 Å². The number of non-ortho nitro benzene ring substituents is 1. The Morgan fingerprint density at radius 1 is 1.47 bits per heavy atom. The summed E-state index contributed by atoms with van der Waals surface area (Å²) in [5.74, 6) is -1.12. The van der Waals surface area contributed by atoms with Crippen molar-refractivity contribution in [3.05, 3.63) is 56.5 Å². The number of carbonyl (C=O) groups is 1. The van der Waals surface area contributed by atoms with Crippen LogP contribution in [0.5, 0.6) is 0 Å². The zero-order chi connectivity index (χ0) is 14.0. The normalized spacial score (nSPS) is 10.3. The van der Waals surface area contributed by atoms with Crippen molar-refractivity contribution in [3.8, 4) is 5.69 Å². The molecule has 2 N–H and O–H groups in total. The molecular weight excluding hydrogens is 254 g/mol. The summed E-state index contributed by atoms with van der Waals surface area (Å²) in [5.41, 5.74) is -0.337. The first-order chi connectivity index (χ1) is 8.99. The van der Waals surface area contributed by atoms with Crippen LogP contribution >= 0.6 is 0 Å². The lowest BCUT2D eigenvalue weighted by Crippen LogP contribution is -2.19. The number of hydrogen-bond donors (Lipinski definition) is 2. The molecule has 1 aromatic heterocycles. The molecule has 0 spiro atoms. The molecule has 0 aliphatic carbocycles. The van der Waals surface area contributed by atoms with E-state index in [0.29, 0.717) is 0 Å². The number of aromatic amines is 1. The number of nitrogens with zero attached hydrogens (tertiary/aromatic N) is 2. The number of nitro benzene ring substituents is 1. The first-order valence-corrected chi connectivity index (χ1v) is 5.25. The van der Waals surface area contributed by atoms with Crippen LogP contribution in [-0.2, 0) is 11.2 Å². The number of H-pyrrole nitrogens is 1. The van der Waals surface area contributed by atoms with Crippen molar-refractivity contribution in [1.29, 1.82) is 0 Å². The molecule has 0 radical (unpaired) electrons. The van der Waals surface area contributed by atoms with Crippen molar-refractivity contribution >= 4 is 11.7 Å². The van der Waals surface area contributed by atoms with E-state index in [2.05, 4.69) is 5.10 Å². The van der Waals surface area contributed by atoms with Gasteiger partial charge in [0, 0.05) is 23.9 Å². The zero-order valence-electron chi connectivity index (χ0n) is 9.57. The molecule has 8 heteroatoms. The van der Waals surface area contributed by atoms with E-state index in [1.165, 1.54) is 30.5 Å². The van der Waals surface area contributed by atoms with Gasteiger partial charge >= 0.3 is 5.97 Å². The van der Waals surface area contributed by atoms with Crippen LogP contribution in [0.25, 0.3) is 5.69 Å². The van der Waals surface area contributed by atoms with Crippen molar-refractivity contribution in [1.82, 2.24) is 9.78 Å². The van der Waals surface area contributed by atoms with Crippen molar-refractivity contribution in [2.75, 3.05) is 0 Å². The molecule has 0 atom stereocenters. The van der Waals surface area contributed by atoms with Crippen LogP contribution in [-0.4, -0.2) is 25.8 Å². The monoisotopic (exact) mass is 263 g/mol. The molecule has 0 bridgehead atoms. The van der Waals surface area contributed by atoms with Crippen LogP contribution in [0.4, 0.5) is 5.69 Å². The average molecular weight is 263 g/mol. The number of nitrogens with one attached hydrogen (secondary N) is 1. The number of aliphatic carboxylic acids is 1. The lowest BCUT2D eigenvalue weighted by molar-refractivity contribution is -0.384. The summed E-state index contributed by atoms with van der Waals surface area (Å²) in [6, 6.07) is 5.48. The highest BCUT2D eigenvalue weighted by molar-refractivity contribution is 5.69. The highest BCUT2D eigenvalue weighted by atomic mass is 16.6. The molecule has 0 aliphatic heterocycles. The second-order valence-corrected chi connectivity index (χ2v) is 3.79. The van der Waals surface area contributed by atoms with Crippen LogP contribution in [0.15, 0.2) is 35.3 Å². The zero-order valence-corrected chi connectivity index (χ0v) is 9.57. The summed E-state index contributed by atoms with van der Waals surface area (Å²) < 4.78 is 1.06. The van der Waals surface area contributed by atoms with E-state index in [-0.39, 0.29) is 16.9 Å². The van der Waals surface area contributed by atoms with Crippen molar-refractivity contribution in [2.24, 2.45) is 0 Å². The molecule has 2 rings (SSSR count). The van der Waals surface area contributed by atoms with Gasteiger partial charge in [0.1, 0.15) is 0 Å². The van der Waals surface area contributed by atoms with Crippen LogP contribution < -0.4 is 5.56 Å². The van der Waals surface area contributed by atoms with Gasteiger partial charge in [-0.1, -0.05) is 6.07 Å². The van der Waals surface area contributed by atoms with Gasteiger partial charge in [-0.15, -0.1) is 0 Å². The summed E-state index contributed by atoms with van der Waals surface area (Å²) in [6.45, 7) is 0. The summed E-state index contributed by atoms with van der Waals surface area (Å²) in [6.07, 6.45) is 0.868. The Morgan fingerprint density at radius 3 is 2.84 bits per heavy atom. The van der Waals surface area contributed by atoms with E-state index in [1.807, 2.05) is 0 Å². The smallest absolute Gasteiger partial charge is 0.308 e. The molecule has 98 valence electrons. The first kappa shape index (κ1) is 12.6. The Bertz CT molecular complexity index is 700. The topological polar surface area (TPSA) is 118 Å². The minimum absolute atomic E-state index is 0.0824. The third-order valence-electron chi connectivity index (χ3n) is 2.49. The largest absolute Gasteiger partial charge is 0.481 e. The highest BCUT2D eigenvalue weighted by Crippen LogP contribution is 2.15. The van der Waals surface area contributed by atoms with Gasteiger partial charge in [0.05, 0.1) is 17.0 Å². The Hall–Kier alpha value is -2.90. The minimum Gasteiger partial charge on any atom is -0.481 e. The van der Waals surface area contributed by atoms with Gasteiger partial charge in [-0.05, 0) is 6.07 Å². The minimum atomic E-state index is -1.12. The molecule has 1 aromatic carbocycles. The predicted molar refractivity (Wildman–Crippen MR) is 64.4 cm³/mol. The summed E-state index contributed by atoms with van der Waals surface area (Å²) in [4.78, 5) is 32.5. The molecule has 0 fully saturated rings. The van der Waals surface area contributed by atoms with E-state index in [9.17, 15) is 19.7 Å². The average Bonchev–Trinajstić information content (AvgIpc) is 2.70. The first-order valence-electron chi connectivity index (χ1n) is 5.25. The quantitative estimate of drug-likeness (QED) is 0.621. The highest BCUT2D eigenvalue weighted by Gasteiger charge is 2.13. The van der Waals surface area contributed by atoms with Gasteiger partial charge in [-0.3, -0.25) is 24.8 Å². The Kier molecular flexibility index (Phi) is 3.15. The van der Waals surface area contributed by atoms with Gasteiger partial charge in [0.15, 0.2) is 0 Å². The van der Waals surface area contributed by atoms with E-state index in [0.717, 1.165) is 4.68 Å². The van der Waals surface area contributed by atoms with Gasteiger partial charge in [-0.25, -0.2) is 4.68 Å². The molecule has 1 heterocycles. The fraction of sp³-hybridized carbons (Fsp3) is 0.0909. The molecule has 0 aliphatic rings. The molecule has 19 heavy (non-hydrogen) atoms. The van der Waals surface area contributed by atoms with Gasteiger partial charge in [0.2, 0.25) is 0 Å². The lowest BCUT2D eigenvalue weighted by Gasteiger charge is -2.00. The third kappa shape index (κ3) is 2.51. The maximum atomic E-state index is 11.9. The standard InChI is InChI=1S/C11H9N3O5/c15-10(16)4-7-6-12-13(11(7)17)8-2-1-3-9(5-8)14(18)19/h1-3,5-6,12H,4H2,(H,15,16). The van der Waals surface area contributed by atoms with Gasteiger partial charge in [-0.2, -0.15) is 0 Å². The fourth-order valence-corrected chi connectivity index (χ4v) is 1.63. The van der Waals surface area contributed by atoms with Crippen LogP contribution in [0.1, 0.15) is 5.56 Å². The van der Waals surface area contributed by atoms with E-state index in [1.54, 1.807) is 0 Å². The molecule has 0 unspecified atom stereocenters. The SMILES string of the molecule is O=C(O)Cc1c[nH]n(-c2cccc([N+](=O)[O-])c2)c1=O. The molecule has 0 amide bonds. The number of carboxylic acids is 1. The van der Waals surface area contributed by atoms with E-state index < -0.39 is 22.9 Å². The number of aromatic nitrogens is 2. The number of benzene rings is 1. The van der Waals surface area contributed by atoms with Crippen LogP contribution in [0.3, 0.4) is 0 Å². The summed E-state index contributed by atoms with van der Waals surface area (Å²) in [7, 11) is 0. The third-order valence-corrected chi connectivity index (χ3v) is 2.49. The maximum absolute atomic E-state index is 11.9. The Morgan fingerprint density at radius 2 is 2.21 bits per heavy atom. The Balaban J connectivity index is 2.45. The second kappa shape index (κ2) is 4.77. The van der Waals surface area contributed by atoms with E-state index in [4.69, 9.17) is 5.11 Å². The maximum Gasteiger partial charge on any atom is 0.308 e. The molecule has 2 aromatic rings.